The highest BCUT2D eigenvalue weighted by Gasteiger charge is 2.19. The second-order valence-corrected chi connectivity index (χ2v) is 5.51. The number of benzene rings is 1. The van der Waals surface area contributed by atoms with Crippen LogP contribution in [0.2, 0.25) is 0 Å². The van der Waals surface area contributed by atoms with Crippen LogP contribution >= 0.6 is 0 Å². The maximum absolute atomic E-state index is 6.46. The van der Waals surface area contributed by atoms with Gasteiger partial charge in [-0.1, -0.05) is 0 Å². The summed E-state index contributed by atoms with van der Waals surface area (Å²) in [4.78, 5) is 0. The second kappa shape index (κ2) is 4.86. The van der Waals surface area contributed by atoms with Gasteiger partial charge >= 0.3 is 0 Å². The van der Waals surface area contributed by atoms with Gasteiger partial charge in [0.2, 0.25) is 0 Å². The quantitative estimate of drug-likeness (QED) is 0.876. The summed E-state index contributed by atoms with van der Waals surface area (Å²) >= 11 is 0. The van der Waals surface area contributed by atoms with Crippen LogP contribution in [0.5, 0.6) is 0 Å². The van der Waals surface area contributed by atoms with Crippen molar-refractivity contribution in [3.05, 3.63) is 57.0 Å². The third-order valence-corrected chi connectivity index (χ3v) is 4.48. The summed E-state index contributed by atoms with van der Waals surface area (Å²) in [6.07, 6.45) is 1.77. The predicted molar refractivity (Wildman–Crippen MR) is 79.6 cm³/mol. The van der Waals surface area contributed by atoms with Crippen molar-refractivity contribution in [2.75, 3.05) is 0 Å². The molecule has 2 heteroatoms. The summed E-state index contributed by atoms with van der Waals surface area (Å²) in [6, 6.07) is 1.91. The maximum atomic E-state index is 6.46. The summed E-state index contributed by atoms with van der Waals surface area (Å²) in [5, 5.41) is 0. The number of aryl methyl sites for hydroxylation is 1. The fraction of sp³-hybridized carbons (Fsp3) is 0.412. The molecule has 2 nitrogen and oxygen atoms in total. The van der Waals surface area contributed by atoms with Gasteiger partial charge in [-0.25, -0.2) is 0 Å². The molecule has 102 valence electrons. The van der Waals surface area contributed by atoms with E-state index in [9.17, 15) is 0 Å². The van der Waals surface area contributed by atoms with Crippen molar-refractivity contribution in [2.45, 2.75) is 47.6 Å². The van der Waals surface area contributed by atoms with Gasteiger partial charge in [0, 0.05) is 5.56 Å². The lowest BCUT2D eigenvalue weighted by molar-refractivity contribution is 0.530. The first-order valence-corrected chi connectivity index (χ1v) is 6.72. The van der Waals surface area contributed by atoms with E-state index >= 15 is 0 Å². The van der Waals surface area contributed by atoms with Crippen LogP contribution in [0.15, 0.2) is 16.7 Å². The number of hydrogen-bond donors (Lipinski definition) is 1. The van der Waals surface area contributed by atoms with Crippen LogP contribution in [0.1, 0.15) is 50.7 Å². The fourth-order valence-electron chi connectivity index (χ4n) is 2.79. The summed E-state index contributed by atoms with van der Waals surface area (Å²) in [5.74, 6) is 0.904. The average Bonchev–Trinajstić information content (AvgIpc) is 2.81. The SMILES string of the molecule is Cc1cc(C(N)c2c(C)c(C)c(C)c(C)c2C)co1. The topological polar surface area (TPSA) is 39.2 Å². The first-order valence-electron chi connectivity index (χ1n) is 6.72. The fourth-order valence-corrected chi connectivity index (χ4v) is 2.79. The molecular weight excluding hydrogens is 234 g/mol. The van der Waals surface area contributed by atoms with E-state index in [0.29, 0.717) is 0 Å². The van der Waals surface area contributed by atoms with Gasteiger partial charge < -0.3 is 10.2 Å². The molecule has 0 aliphatic carbocycles. The Balaban J connectivity index is 2.63. The highest BCUT2D eigenvalue weighted by molar-refractivity contribution is 5.52. The third kappa shape index (κ3) is 2.21. The molecule has 1 aromatic heterocycles. The van der Waals surface area contributed by atoms with Crippen LogP contribution < -0.4 is 5.73 Å². The first kappa shape index (κ1) is 13.9. The molecule has 2 N–H and O–H groups in total. The molecule has 2 aromatic rings. The highest BCUT2D eigenvalue weighted by atomic mass is 16.3. The molecule has 2 rings (SSSR count). The Kier molecular flexibility index (Phi) is 3.55. The zero-order valence-corrected chi connectivity index (χ0v) is 12.7. The molecule has 1 atom stereocenters. The molecule has 0 aliphatic rings. The highest BCUT2D eigenvalue weighted by Crippen LogP contribution is 2.32. The zero-order valence-electron chi connectivity index (χ0n) is 12.7. The van der Waals surface area contributed by atoms with Crippen LogP contribution in [0.4, 0.5) is 0 Å². The number of nitrogens with two attached hydrogens (primary N) is 1. The van der Waals surface area contributed by atoms with Crippen molar-refractivity contribution in [2.24, 2.45) is 5.73 Å². The van der Waals surface area contributed by atoms with Gasteiger partial charge in [-0.15, -0.1) is 0 Å². The van der Waals surface area contributed by atoms with Crippen molar-refractivity contribution in [3.63, 3.8) is 0 Å². The molecule has 0 bridgehead atoms. The molecule has 0 saturated carbocycles. The van der Waals surface area contributed by atoms with E-state index in [1.807, 2.05) is 13.0 Å². The standard InChI is InChI=1S/C17H23NO/c1-9-7-15(8-19-9)17(18)16-13(5)11(3)10(2)12(4)14(16)6/h7-8,17H,18H2,1-6H3. The molecule has 1 aromatic carbocycles. The van der Waals surface area contributed by atoms with E-state index in [-0.39, 0.29) is 6.04 Å². The summed E-state index contributed by atoms with van der Waals surface area (Å²) < 4.78 is 5.39. The van der Waals surface area contributed by atoms with Crippen LogP contribution in [0.3, 0.4) is 0 Å². The summed E-state index contributed by atoms with van der Waals surface area (Å²) in [6.45, 7) is 12.8. The molecule has 19 heavy (non-hydrogen) atoms. The normalized spacial score (nSPS) is 12.8. The molecule has 0 fully saturated rings. The van der Waals surface area contributed by atoms with Crippen LogP contribution in [0.25, 0.3) is 0 Å². The van der Waals surface area contributed by atoms with E-state index in [1.165, 1.54) is 33.4 Å². The molecule has 1 unspecified atom stereocenters. The van der Waals surface area contributed by atoms with Gasteiger partial charge in [0.25, 0.3) is 0 Å². The van der Waals surface area contributed by atoms with Gasteiger partial charge in [-0.05, 0) is 81.0 Å². The van der Waals surface area contributed by atoms with Crippen LogP contribution in [-0.4, -0.2) is 0 Å². The van der Waals surface area contributed by atoms with Gasteiger partial charge in [0.05, 0.1) is 12.3 Å². The molecule has 0 spiro atoms. The second-order valence-electron chi connectivity index (χ2n) is 5.51. The minimum Gasteiger partial charge on any atom is -0.469 e. The Morgan fingerprint density at radius 2 is 1.32 bits per heavy atom. The largest absolute Gasteiger partial charge is 0.469 e. The van der Waals surface area contributed by atoms with Crippen LogP contribution in [0, 0.1) is 41.5 Å². The number of hydrogen-bond acceptors (Lipinski definition) is 2. The van der Waals surface area contributed by atoms with Crippen molar-refractivity contribution in [3.8, 4) is 0 Å². The number of rotatable bonds is 2. The number of furan rings is 1. The van der Waals surface area contributed by atoms with Crippen molar-refractivity contribution < 1.29 is 4.42 Å². The molecule has 1 heterocycles. The van der Waals surface area contributed by atoms with Gasteiger partial charge in [-0.3, -0.25) is 0 Å². The van der Waals surface area contributed by atoms with E-state index in [2.05, 4.69) is 34.6 Å². The van der Waals surface area contributed by atoms with Gasteiger partial charge in [0.1, 0.15) is 5.76 Å². The Labute approximate surface area is 115 Å². The van der Waals surface area contributed by atoms with Gasteiger partial charge in [-0.2, -0.15) is 0 Å². The van der Waals surface area contributed by atoms with E-state index in [4.69, 9.17) is 10.2 Å². The lowest BCUT2D eigenvalue weighted by Gasteiger charge is -2.22. The lowest BCUT2D eigenvalue weighted by Crippen LogP contribution is -2.16. The van der Waals surface area contributed by atoms with Crippen molar-refractivity contribution >= 4 is 0 Å². The van der Waals surface area contributed by atoms with Crippen molar-refractivity contribution in [1.29, 1.82) is 0 Å². The Hall–Kier alpha value is -1.54. The van der Waals surface area contributed by atoms with Crippen molar-refractivity contribution in [1.82, 2.24) is 0 Å². The molecule has 0 aliphatic heterocycles. The van der Waals surface area contributed by atoms with Crippen LogP contribution in [-0.2, 0) is 0 Å². The molecule has 0 radical (unpaired) electrons. The Bertz CT molecular complexity index is 593. The first-order chi connectivity index (χ1) is 8.84. The minimum atomic E-state index is -0.115. The predicted octanol–water partition coefficient (Wildman–Crippen LogP) is 4.18. The monoisotopic (exact) mass is 257 g/mol. The van der Waals surface area contributed by atoms with Gasteiger partial charge in [0.15, 0.2) is 0 Å². The van der Waals surface area contributed by atoms with E-state index in [0.717, 1.165) is 11.3 Å². The molecule has 0 amide bonds. The summed E-state index contributed by atoms with van der Waals surface area (Å²) in [7, 11) is 0. The smallest absolute Gasteiger partial charge is 0.101 e. The Morgan fingerprint density at radius 1 is 0.842 bits per heavy atom. The summed E-state index contributed by atoms with van der Waals surface area (Å²) in [5.41, 5.74) is 15.4. The average molecular weight is 257 g/mol. The Morgan fingerprint density at radius 3 is 1.74 bits per heavy atom. The lowest BCUT2D eigenvalue weighted by atomic mass is 9.85. The molecule has 0 saturated heterocycles. The molecular formula is C17H23NO. The minimum absolute atomic E-state index is 0.115. The van der Waals surface area contributed by atoms with E-state index in [1.54, 1.807) is 6.26 Å². The van der Waals surface area contributed by atoms with E-state index < -0.39 is 0 Å². The maximum Gasteiger partial charge on any atom is 0.101 e. The zero-order chi connectivity index (χ0) is 14.3. The third-order valence-electron chi connectivity index (χ3n) is 4.48.